The Hall–Kier alpha value is -1.09. The highest BCUT2D eigenvalue weighted by molar-refractivity contribution is 5.42. The normalized spacial score (nSPS) is 10.7. The summed E-state index contributed by atoms with van der Waals surface area (Å²) in [6, 6.07) is 4.08. The predicted molar refractivity (Wildman–Crippen MR) is 65.3 cm³/mol. The third-order valence-electron chi connectivity index (χ3n) is 2.55. The average molecular weight is 207 g/mol. The quantitative estimate of drug-likeness (QED) is 0.774. The zero-order valence-electron chi connectivity index (χ0n) is 9.95. The van der Waals surface area contributed by atoms with Gasteiger partial charge in [-0.15, -0.1) is 0 Å². The lowest BCUT2D eigenvalue weighted by Crippen LogP contribution is -2.28. The Morgan fingerprint density at radius 1 is 1.33 bits per heavy atom. The van der Waals surface area contributed by atoms with E-state index in [9.17, 15) is 0 Å². The minimum absolute atomic E-state index is 0.991. The Labute approximate surface area is 92.5 Å². The van der Waals surface area contributed by atoms with E-state index in [4.69, 9.17) is 0 Å². The highest BCUT2D eigenvalue weighted by Crippen LogP contribution is 2.06. The zero-order chi connectivity index (χ0) is 11.1. The molecule has 0 bridgehead atoms. The predicted octanol–water partition coefficient (Wildman–Crippen LogP) is 2.14. The van der Waals surface area contributed by atoms with Crippen LogP contribution in [0.4, 0.5) is 5.69 Å². The molecule has 1 rings (SSSR count). The summed E-state index contributed by atoms with van der Waals surface area (Å²) in [6.45, 7) is 10.7. The van der Waals surface area contributed by atoms with Crippen LogP contribution in [0, 0.1) is 6.92 Å². The van der Waals surface area contributed by atoms with E-state index in [2.05, 4.69) is 35.1 Å². The first-order valence-electron chi connectivity index (χ1n) is 5.65. The number of nitrogens with zero attached hydrogens (tertiary/aromatic N) is 2. The number of likely N-dealkylation sites (N-methyl/N-ethyl adjacent to an activating group) is 1. The Morgan fingerprint density at radius 2 is 2.07 bits per heavy atom. The summed E-state index contributed by atoms with van der Waals surface area (Å²) < 4.78 is 0. The largest absolute Gasteiger partial charge is 0.384 e. The summed E-state index contributed by atoms with van der Waals surface area (Å²) >= 11 is 0. The molecule has 0 saturated carbocycles. The van der Waals surface area contributed by atoms with Crippen molar-refractivity contribution in [1.29, 1.82) is 0 Å². The molecule has 1 aromatic rings. The molecule has 0 atom stereocenters. The fourth-order valence-electron chi connectivity index (χ4n) is 1.55. The van der Waals surface area contributed by atoms with E-state index in [0.717, 1.165) is 37.6 Å². The first kappa shape index (κ1) is 12.0. The Bertz CT molecular complexity index is 282. The molecular formula is C12H21N3. The van der Waals surface area contributed by atoms with Gasteiger partial charge in [0.2, 0.25) is 0 Å². The van der Waals surface area contributed by atoms with Crippen molar-refractivity contribution in [3.05, 3.63) is 24.0 Å². The van der Waals surface area contributed by atoms with Crippen molar-refractivity contribution in [2.45, 2.75) is 20.8 Å². The number of nitrogens with one attached hydrogen (secondary N) is 1. The van der Waals surface area contributed by atoms with Gasteiger partial charge in [-0.1, -0.05) is 13.8 Å². The van der Waals surface area contributed by atoms with Gasteiger partial charge in [-0.3, -0.25) is 4.98 Å². The first-order valence-corrected chi connectivity index (χ1v) is 5.65. The van der Waals surface area contributed by atoms with Crippen LogP contribution in [0.5, 0.6) is 0 Å². The van der Waals surface area contributed by atoms with Crippen LogP contribution in [-0.2, 0) is 0 Å². The van der Waals surface area contributed by atoms with Crippen molar-refractivity contribution >= 4 is 5.69 Å². The van der Waals surface area contributed by atoms with E-state index in [0.29, 0.717) is 0 Å². The maximum absolute atomic E-state index is 4.16. The lowest BCUT2D eigenvalue weighted by molar-refractivity contribution is 0.316. The van der Waals surface area contributed by atoms with E-state index < -0.39 is 0 Å². The molecule has 0 aliphatic heterocycles. The van der Waals surface area contributed by atoms with Crippen molar-refractivity contribution in [3.8, 4) is 0 Å². The standard InChI is InChI=1S/C12H21N3/c1-4-15(5-2)9-8-14-12-6-7-13-11(3)10-12/h6-7,10H,4-5,8-9H2,1-3H3,(H,13,14). The molecule has 0 aliphatic rings. The van der Waals surface area contributed by atoms with Crippen LogP contribution in [-0.4, -0.2) is 36.1 Å². The summed E-state index contributed by atoms with van der Waals surface area (Å²) in [5.74, 6) is 0. The smallest absolute Gasteiger partial charge is 0.0393 e. The van der Waals surface area contributed by atoms with Crippen molar-refractivity contribution in [3.63, 3.8) is 0 Å². The maximum atomic E-state index is 4.16. The summed E-state index contributed by atoms with van der Waals surface area (Å²) in [4.78, 5) is 6.57. The van der Waals surface area contributed by atoms with Crippen molar-refractivity contribution in [2.24, 2.45) is 0 Å². The SMILES string of the molecule is CCN(CC)CCNc1ccnc(C)c1. The first-order chi connectivity index (χ1) is 7.26. The molecule has 0 spiro atoms. The second-order valence-electron chi connectivity index (χ2n) is 3.64. The number of hydrogen-bond acceptors (Lipinski definition) is 3. The Morgan fingerprint density at radius 3 is 2.67 bits per heavy atom. The molecule has 1 heterocycles. The molecular weight excluding hydrogens is 186 g/mol. The number of rotatable bonds is 6. The Kier molecular flexibility index (Phi) is 5.12. The molecule has 0 unspecified atom stereocenters. The van der Waals surface area contributed by atoms with Gasteiger partial charge in [0.15, 0.2) is 0 Å². The highest BCUT2D eigenvalue weighted by Gasteiger charge is 1.98. The number of anilines is 1. The Balaban J connectivity index is 2.31. The van der Waals surface area contributed by atoms with Crippen LogP contribution in [0.3, 0.4) is 0 Å². The minimum Gasteiger partial charge on any atom is -0.384 e. The van der Waals surface area contributed by atoms with E-state index in [1.807, 2.05) is 19.2 Å². The summed E-state index contributed by atoms with van der Waals surface area (Å²) in [5, 5.41) is 3.40. The summed E-state index contributed by atoms with van der Waals surface area (Å²) in [7, 11) is 0. The van der Waals surface area contributed by atoms with Gasteiger partial charge in [-0.2, -0.15) is 0 Å². The third-order valence-corrected chi connectivity index (χ3v) is 2.55. The molecule has 0 aromatic carbocycles. The van der Waals surface area contributed by atoms with Gasteiger partial charge in [-0.25, -0.2) is 0 Å². The average Bonchev–Trinajstić information content (AvgIpc) is 2.25. The number of hydrogen-bond donors (Lipinski definition) is 1. The summed E-state index contributed by atoms with van der Waals surface area (Å²) in [6.07, 6.45) is 1.84. The van der Waals surface area contributed by atoms with Gasteiger partial charge in [0, 0.05) is 30.7 Å². The molecule has 3 heteroatoms. The van der Waals surface area contributed by atoms with Gasteiger partial charge >= 0.3 is 0 Å². The lowest BCUT2D eigenvalue weighted by atomic mass is 10.3. The number of aryl methyl sites for hydroxylation is 1. The molecule has 0 amide bonds. The van der Waals surface area contributed by atoms with Crippen molar-refractivity contribution in [2.75, 3.05) is 31.5 Å². The fraction of sp³-hybridized carbons (Fsp3) is 0.583. The van der Waals surface area contributed by atoms with Crippen LogP contribution in [0.1, 0.15) is 19.5 Å². The van der Waals surface area contributed by atoms with Gasteiger partial charge in [0.1, 0.15) is 0 Å². The topological polar surface area (TPSA) is 28.2 Å². The minimum atomic E-state index is 0.991. The maximum Gasteiger partial charge on any atom is 0.0393 e. The highest BCUT2D eigenvalue weighted by atomic mass is 15.1. The molecule has 1 N–H and O–H groups in total. The van der Waals surface area contributed by atoms with E-state index >= 15 is 0 Å². The van der Waals surface area contributed by atoms with E-state index in [1.165, 1.54) is 0 Å². The molecule has 0 saturated heterocycles. The number of pyridine rings is 1. The molecule has 0 radical (unpaired) electrons. The van der Waals surface area contributed by atoms with Crippen molar-refractivity contribution < 1.29 is 0 Å². The van der Waals surface area contributed by atoms with Crippen LogP contribution in [0.15, 0.2) is 18.3 Å². The van der Waals surface area contributed by atoms with E-state index in [1.54, 1.807) is 0 Å². The zero-order valence-corrected chi connectivity index (χ0v) is 9.95. The van der Waals surface area contributed by atoms with Gasteiger partial charge in [0.05, 0.1) is 0 Å². The lowest BCUT2D eigenvalue weighted by Gasteiger charge is -2.18. The molecule has 1 aromatic heterocycles. The molecule has 0 aliphatic carbocycles. The second kappa shape index (κ2) is 6.40. The molecule has 15 heavy (non-hydrogen) atoms. The van der Waals surface area contributed by atoms with Crippen molar-refractivity contribution in [1.82, 2.24) is 9.88 Å². The van der Waals surface area contributed by atoms with E-state index in [-0.39, 0.29) is 0 Å². The van der Waals surface area contributed by atoms with Crippen LogP contribution in [0.25, 0.3) is 0 Å². The fourth-order valence-corrected chi connectivity index (χ4v) is 1.55. The van der Waals surface area contributed by atoms with Crippen LogP contribution >= 0.6 is 0 Å². The summed E-state index contributed by atoms with van der Waals surface area (Å²) in [5.41, 5.74) is 2.22. The number of aromatic nitrogens is 1. The van der Waals surface area contributed by atoms with Gasteiger partial charge in [0.25, 0.3) is 0 Å². The van der Waals surface area contributed by atoms with Gasteiger partial charge < -0.3 is 10.2 Å². The van der Waals surface area contributed by atoms with Gasteiger partial charge in [-0.05, 0) is 32.1 Å². The third kappa shape index (κ3) is 4.30. The molecule has 84 valence electrons. The molecule has 3 nitrogen and oxygen atoms in total. The monoisotopic (exact) mass is 207 g/mol. The molecule has 0 fully saturated rings. The second-order valence-corrected chi connectivity index (χ2v) is 3.64. The van der Waals surface area contributed by atoms with Crippen LogP contribution < -0.4 is 5.32 Å². The van der Waals surface area contributed by atoms with Crippen LogP contribution in [0.2, 0.25) is 0 Å².